The van der Waals surface area contributed by atoms with Crippen LogP contribution in [0.1, 0.15) is 79.2 Å². The molecule has 1 aliphatic carbocycles. The summed E-state index contributed by atoms with van der Waals surface area (Å²) in [5.41, 5.74) is 5.26. The van der Waals surface area contributed by atoms with Crippen LogP contribution in [0.15, 0.2) is 53.3 Å². The first-order valence-electron chi connectivity index (χ1n) is 13.2. The van der Waals surface area contributed by atoms with Gasteiger partial charge in [-0.1, -0.05) is 56.2 Å². The van der Waals surface area contributed by atoms with Crippen LogP contribution in [0.3, 0.4) is 0 Å². The first-order chi connectivity index (χ1) is 17.5. The van der Waals surface area contributed by atoms with Gasteiger partial charge in [-0.3, -0.25) is 9.69 Å². The van der Waals surface area contributed by atoms with Gasteiger partial charge >= 0.3 is 0 Å². The molecule has 2 aromatic heterocycles. The zero-order valence-electron chi connectivity index (χ0n) is 21.6. The molecule has 5 rings (SSSR count). The van der Waals surface area contributed by atoms with Crippen molar-refractivity contribution in [2.24, 2.45) is 0 Å². The van der Waals surface area contributed by atoms with Crippen LogP contribution in [0, 0.1) is 13.8 Å². The van der Waals surface area contributed by atoms with E-state index in [9.17, 15) is 4.79 Å². The van der Waals surface area contributed by atoms with E-state index in [1.807, 2.05) is 12.1 Å². The highest BCUT2D eigenvalue weighted by Crippen LogP contribution is 2.33. The molecule has 0 unspecified atom stereocenters. The molecule has 2 heterocycles. The van der Waals surface area contributed by atoms with Crippen LogP contribution in [0.2, 0.25) is 0 Å². The van der Waals surface area contributed by atoms with Gasteiger partial charge in [-0.15, -0.1) is 5.10 Å². The number of aromatic amines is 1. The van der Waals surface area contributed by atoms with Crippen molar-refractivity contribution < 1.29 is 0 Å². The predicted molar refractivity (Wildman–Crippen MR) is 143 cm³/mol. The summed E-state index contributed by atoms with van der Waals surface area (Å²) >= 11 is 0. The second kappa shape index (κ2) is 10.7. The van der Waals surface area contributed by atoms with Gasteiger partial charge in [-0.2, -0.15) is 0 Å². The van der Waals surface area contributed by atoms with Crippen LogP contribution in [-0.2, 0) is 13.0 Å². The van der Waals surface area contributed by atoms with E-state index in [-0.39, 0.29) is 11.6 Å². The van der Waals surface area contributed by atoms with Crippen molar-refractivity contribution in [3.05, 3.63) is 87.0 Å². The molecule has 0 radical (unpaired) electrons. The van der Waals surface area contributed by atoms with Crippen LogP contribution < -0.4 is 5.56 Å². The average Bonchev–Trinajstić information content (AvgIpc) is 3.56. The predicted octanol–water partition coefficient (Wildman–Crippen LogP) is 5.44. The average molecular weight is 485 g/mol. The van der Waals surface area contributed by atoms with E-state index in [4.69, 9.17) is 0 Å². The van der Waals surface area contributed by atoms with Crippen molar-refractivity contribution in [3.63, 3.8) is 0 Å². The smallest absolute Gasteiger partial charge is 0.252 e. The zero-order valence-corrected chi connectivity index (χ0v) is 21.6. The van der Waals surface area contributed by atoms with Gasteiger partial charge in [-0.05, 0) is 78.8 Å². The molecule has 0 spiro atoms. The van der Waals surface area contributed by atoms with E-state index < -0.39 is 0 Å². The minimum atomic E-state index is -0.0255. The molecule has 0 aliphatic heterocycles. The van der Waals surface area contributed by atoms with Crippen LogP contribution >= 0.6 is 0 Å². The monoisotopic (exact) mass is 484 g/mol. The van der Waals surface area contributed by atoms with Gasteiger partial charge in [0.1, 0.15) is 0 Å². The quantitative estimate of drug-likeness (QED) is 0.342. The summed E-state index contributed by atoms with van der Waals surface area (Å²) in [5.74, 6) is 0.918. The molecule has 7 nitrogen and oxygen atoms in total. The lowest BCUT2D eigenvalue weighted by Gasteiger charge is -2.31. The maximum atomic E-state index is 13.2. The minimum absolute atomic E-state index is 0.0255. The fourth-order valence-corrected chi connectivity index (χ4v) is 5.75. The molecule has 1 atom stereocenters. The largest absolute Gasteiger partial charge is 0.322 e. The molecular weight excluding hydrogens is 448 g/mol. The Hall–Kier alpha value is -3.32. The molecule has 0 saturated heterocycles. The van der Waals surface area contributed by atoms with Crippen molar-refractivity contribution in [1.82, 2.24) is 30.1 Å². The van der Waals surface area contributed by atoms with E-state index in [1.54, 1.807) is 0 Å². The van der Waals surface area contributed by atoms with Gasteiger partial charge < -0.3 is 4.98 Å². The number of aryl methyl sites for hydroxylation is 2. The molecule has 0 amide bonds. The number of rotatable bonds is 9. The number of tetrazole rings is 1. The van der Waals surface area contributed by atoms with Gasteiger partial charge in [0.2, 0.25) is 0 Å². The summed E-state index contributed by atoms with van der Waals surface area (Å²) in [4.78, 5) is 18.7. The van der Waals surface area contributed by atoms with Crippen LogP contribution in [0.5, 0.6) is 0 Å². The SMILES string of the molecule is CC[C@H](c1nnnn1C1CCCC1)N(CCc1ccccc1)Cc1cc2c(C)cc(C)cc2[nH]c1=O. The third kappa shape index (κ3) is 5.12. The first kappa shape index (κ1) is 24.4. The highest BCUT2D eigenvalue weighted by molar-refractivity contribution is 5.83. The normalized spacial score (nSPS) is 15.2. The zero-order chi connectivity index (χ0) is 25.1. The summed E-state index contributed by atoms with van der Waals surface area (Å²) in [6, 6.07) is 17.2. The molecule has 1 fully saturated rings. The molecule has 7 heteroatoms. The summed E-state index contributed by atoms with van der Waals surface area (Å²) in [6.45, 7) is 7.71. The number of pyridine rings is 1. The number of nitrogens with one attached hydrogen (secondary N) is 1. The van der Waals surface area contributed by atoms with Gasteiger partial charge in [0, 0.05) is 29.6 Å². The Balaban J connectivity index is 1.50. The Morgan fingerprint density at radius 3 is 2.64 bits per heavy atom. The summed E-state index contributed by atoms with van der Waals surface area (Å²) < 4.78 is 2.06. The van der Waals surface area contributed by atoms with Gasteiger partial charge in [0.15, 0.2) is 5.82 Å². The number of aromatic nitrogens is 5. The van der Waals surface area contributed by atoms with E-state index in [2.05, 4.69) is 87.3 Å². The Morgan fingerprint density at radius 1 is 1.11 bits per heavy atom. The third-order valence-electron chi connectivity index (χ3n) is 7.61. The molecule has 1 N–H and O–H groups in total. The number of hydrogen-bond donors (Lipinski definition) is 1. The molecule has 1 aliphatic rings. The highest BCUT2D eigenvalue weighted by atomic mass is 16.1. The van der Waals surface area contributed by atoms with E-state index in [0.29, 0.717) is 12.6 Å². The maximum absolute atomic E-state index is 13.2. The molecule has 2 aromatic carbocycles. The molecule has 4 aromatic rings. The second-order valence-corrected chi connectivity index (χ2v) is 10.2. The summed E-state index contributed by atoms with van der Waals surface area (Å²) in [7, 11) is 0. The lowest BCUT2D eigenvalue weighted by molar-refractivity contribution is 0.169. The maximum Gasteiger partial charge on any atom is 0.252 e. The minimum Gasteiger partial charge on any atom is -0.322 e. The van der Waals surface area contributed by atoms with E-state index in [1.165, 1.54) is 24.0 Å². The Kier molecular flexibility index (Phi) is 7.28. The molecule has 36 heavy (non-hydrogen) atoms. The standard InChI is InChI=1S/C29H36N6O/c1-4-27(28-31-32-33-35(28)24-12-8-9-13-24)34(15-14-22-10-6-5-7-11-22)19-23-18-25-21(3)16-20(2)17-26(25)30-29(23)36/h5-7,10-11,16-18,24,27H,4,8-9,12-15,19H2,1-3H3,(H,30,36)/t27-/m1/s1. The number of fused-ring (bicyclic) bond motifs is 1. The number of benzene rings is 2. The van der Waals surface area contributed by atoms with Crippen LogP contribution in [0.25, 0.3) is 10.9 Å². The van der Waals surface area contributed by atoms with Crippen LogP contribution in [-0.4, -0.2) is 36.6 Å². The van der Waals surface area contributed by atoms with Gasteiger partial charge in [0.25, 0.3) is 5.56 Å². The van der Waals surface area contributed by atoms with Crippen molar-refractivity contribution in [2.75, 3.05) is 6.54 Å². The van der Waals surface area contributed by atoms with Crippen molar-refractivity contribution in [3.8, 4) is 0 Å². The number of nitrogens with zero attached hydrogens (tertiary/aromatic N) is 5. The van der Waals surface area contributed by atoms with Gasteiger partial charge in [-0.25, -0.2) is 4.68 Å². The van der Waals surface area contributed by atoms with Crippen LogP contribution in [0.4, 0.5) is 0 Å². The van der Waals surface area contributed by atoms with Gasteiger partial charge in [0.05, 0.1) is 12.1 Å². The number of hydrogen-bond acceptors (Lipinski definition) is 5. The van der Waals surface area contributed by atoms with E-state index in [0.717, 1.165) is 60.1 Å². The second-order valence-electron chi connectivity index (χ2n) is 10.2. The summed E-state index contributed by atoms with van der Waals surface area (Å²) in [5, 5.41) is 14.1. The Labute approximate surface area is 212 Å². The molecule has 1 saturated carbocycles. The first-order valence-corrected chi connectivity index (χ1v) is 13.2. The Bertz CT molecular complexity index is 1370. The lowest BCUT2D eigenvalue weighted by Crippen LogP contribution is -2.34. The van der Waals surface area contributed by atoms with E-state index >= 15 is 0 Å². The highest BCUT2D eigenvalue weighted by Gasteiger charge is 2.29. The third-order valence-corrected chi connectivity index (χ3v) is 7.61. The number of H-pyrrole nitrogens is 1. The fourth-order valence-electron chi connectivity index (χ4n) is 5.75. The van der Waals surface area contributed by atoms with Crippen molar-refractivity contribution >= 4 is 10.9 Å². The topological polar surface area (TPSA) is 79.7 Å². The molecular formula is C29H36N6O. The summed E-state index contributed by atoms with van der Waals surface area (Å²) in [6.07, 6.45) is 6.47. The fraction of sp³-hybridized carbons (Fsp3) is 0.448. The lowest BCUT2D eigenvalue weighted by atomic mass is 10.0. The van der Waals surface area contributed by atoms with Crippen molar-refractivity contribution in [1.29, 1.82) is 0 Å². The molecule has 0 bridgehead atoms. The van der Waals surface area contributed by atoms with Crippen molar-refractivity contribution in [2.45, 2.75) is 77.9 Å². The molecule has 188 valence electrons. The Morgan fingerprint density at radius 2 is 1.89 bits per heavy atom.